The average Bonchev–Trinajstić information content (AvgIpc) is 2.27. The van der Waals surface area contributed by atoms with E-state index in [0.29, 0.717) is 5.92 Å². The Bertz CT molecular complexity index is 396. The van der Waals surface area contributed by atoms with E-state index in [1.54, 1.807) is 0 Å². The normalized spacial score (nSPS) is 21.0. The molecule has 2 nitrogen and oxygen atoms in total. The molecule has 0 bridgehead atoms. The number of halogens is 1. The van der Waals surface area contributed by atoms with Crippen molar-refractivity contribution in [1.82, 2.24) is 4.90 Å². The van der Waals surface area contributed by atoms with Crippen molar-refractivity contribution in [3.05, 3.63) is 27.7 Å². The molecule has 0 aromatic heterocycles. The maximum absolute atomic E-state index is 6.06. The molecule has 1 aliphatic heterocycles. The maximum Gasteiger partial charge on any atom is 0.125 e. The molecule has 1 fully saturated rings. The molecule has 0 saturated carbocycles. The zero-order valence-corrected chi connectivity index (χ0v) is 13.1. The van der Waals surface area contributed by atoms with Crippen LogP contribution in [0.25, 0.3) is 0 Å². The van der Waals surface area contributed by atoms with Gasteiger partial charge in [0.1, 0.15) is 5.75 Å². The van der Waals surface area contributed by atoms with Gasteiger partial charge in [0.2, 0.25) is 0 Å². The van der Waals surface area contributed by atoms with Gasteiger partial charge in [0.25, 0.3) is 0 Å². The van der Waals surface area contributed by atoms with Crippen molar-refractivity contribution in [2.24, 2.45) is 5.92 Å². The number of likely N-dealkylation sites (tertiary alicyclic amines) is 1. The van der Waals surface area contributed by atoms with Gasteiger partial charge in [-0.3, -0.25) is 0 Å². The highest BCUT2D eigenvalue weighted by molar-refractivity contribution is 9.10. The van der Waals surface area contributed by atoms with E-state index in [1.165, 1.54) is 30.5 Å². The predicted octanol–water partition coefficient (Wildman–Crippen LogP) is 3.79. The van der Waals surface area contributed by atoms with Gasteiger partial charge in [0.15, 0.2) is 0 Å². The summed E-state index contributed by atoms with van der Waals surface area (Å²) in [5, 5.41) is 0. The summed E-state index contributed by atoms with van der Waals surface area (Å²) in [5.74, 6) is 1.73. The summed E-state index contributed by atoms with van der Waals surface area (Å²) in [5.41, 5.74) is 2.43. The van der Waals surface area contributed by atoms with Crippen molar-refractivity contribution in [2.45, 2.75) is 26.7 Å². The first-order valence-electron chi connectivity index (χ1n) is 6.64. The van der Waals surface area contributed by atoms with Crippen LogP contribution in [0, 0.1) is 19.8 Å². The van der Waals surface area contributed by atoms with E-state index in [9.17, 15) is 0 Å². The number of piperidine rings is 1. The summed E-state index contributed by atoms with van der Waals surface area (Å²) >= 11 is 3.52. The Morgan fingerprint density at radius 1 is 1.33 bits per heavy atom. The molecule has 0 unspecified atom stereocenters. The summed E-state index contributed by atoms with van der Waals surface area (Å²) in [6.07, 6.45) is 2.59. The second-order valence-corrected chi connectivity index (χ2v) is 6.37. The van der Waals surface area contributed by atoms with Crippen molar-refractivity contribution < 1.29 is 4.74 Å². The molecule has 0 aliphatic carbocycles. The number of hydrogen-bond acceptors (Lipinski definition) is 2. The molecule has 3 heteroatoms. The molecule has 1 aromatic carbocycles. The zero-order valence-electron chi connectivity index (χ0n) is 11.5. The molecule has 18 heavy (non-hydrogen) atoms. The molecule has 1 atom stereocenters. The van der Waals surface area contributed by atoms with Gasteiger partial charge in [0, 0.05) is 16.9 Å². The number of benzene rings is 1. The first-order chi connectivity index (χ1) is 8.56. The second kappa shape index (κ2) is 6.07. The zero-order chi connectivity index (χ0) is 13.1. The number of ether oxygens (including phenoxy) is 1. The highest BCUT2D eigenvalue weighted by atomic mass is 79.9. The van der Waals surface area contributed by atoms with Crippen molar-refractivity contribution in [1.29, 1.82) is 0 Å². The van der Waals surface area contributed by atoms with Gasteiger partial charge in [-0.1, -0.05) is 15.9 Å². The van der Waals surface area contributed by atoms with E-state index in [4.69, 9.17) is 4.74 Å². The van der Waals surface area contributed by atoms with Crippen molar-refractivity contribution >= 4 is 15.9 Å². The summed E-state index contributed by atoms with van der Waals surface area (Å²) in [4.78, 5) is 2.40. The van der Waals surface area contributed by atoms with Gasteiger partial charge >= 0.3 is 0 Å². The van der Waals surface area contributed by atoms with Crippen LogP contribution < -0.4 is 4.74 Å². The van der Waals surface area contributed by atoms with Crippen molar-refractivity contribution in [3.63, 3.8) is 0 Å². The third-order valence-electron chi connectivity index (χ3n) is 3.61. The number of hydrogen-bond donors (Lipinski definition) is 0. The lowest BCUT2D eigenvalue weighted by Gasteiger charge is -2.29. The fourth-order valence-corrected chi connectivity index (χ4v) is 3.42. The third-order valence-corrected chi connectivity index (χ3v) is 4.07. The summed E-state index contributed by atoms with van der Waals surface area (Å²) in [7, 11) is 2.20. The quantitative estimate of drug-likeness (QED) is 0.842. The van der Waals surface area contributed by atoms with Gasteiger partial charge in [-0.2, -0.15) is 0 Å². The largest absolute Gasteiger partial charge is 0.493 e. The minimum absolute atomic E-state index is 0.672. The van der Waals surface area contributed by atoms with Crippen LogP contribution in [0.3, 0.4) is 0 Å². The lowest BCUT2D eigenvalue weighted by molar-refractivity contribution is 0.149. The highest BCUT2D eigenvalue weighted by Gasteiger charge is 2.18. The molecule has 0 spiro atoms. The van der Waals surface area contributed by atoms with Crippen LogP contribution >= 0.6 is 15.9 Å². The van der Waals surface area contributed by atoms with Gasteiger partial charge in [-0.25, -0.2) is 0 Å². The summed E-state index contributed by atoms with van der Waals surface area (Å²) < 4.78 is 7.19. The highest BCUT2D eigenvalue weighted by Crippen LogP contribution is 2.28. The van der Waals surface area contributed by atoms with Gasteiger partial charge in [-0.15, -0.1) is 0 Å². The number of rotatable bonds is 3. The molecule has 1 saturated heterocycles. The second-order valence-electron chi connectivity index (χ2n) is 5.45. The van der Waals surface area contributed by atoms with E-state index in [-0.39, 0.29) is 0 Å². The van der Waals surface area contributed by atoms with E-state index >= 15 is 0 Å². The summed E-state index contributed by atoms with van der Waals surface area (Å²) in [6, 6.07) is 4.24. The van der Waals surface area contributed by atoms with Gasteiger partial charge in [-0.05, 0) is 63.5 Å². The molecule has 0 N–H and O–H groups in total. The Morgan fingerprint density at radius 3 is 2.61 bits per heavy atom. The topological polar surface area (TPSA) is 12.5 Å². The monoisotopic (exact) mass is 311 g/mol. The van der Waals surface area contributed by atoms with Gasteiger partial charge < -0.3 is 9.64 Å². The van der Waals surface area contributed by atoms with Gasteiger partial charge in [0.05, 0.1) is 6.61 Å². The Labute approximate surface area is 118 Å². The molecule has 100 valence electrons. The molecule has 2 rings (SSSR count). The van der Waals surface area contributed by atoms with Crippen LogP contribution in [-0.4, -0.2) is 31.6 Å². The van der Waals surface area contributed by atoms with E-state index in [0.717, 1.165) is 23.4 Å². The Hall–Kier alpha value is -0.540. The fraction of sp³-hybridized carbons (Fsp3) is 0.600. The predicted molar refractivity (Wildman–Crippen MR) is 79.3 cm³/mol. The number of nitrogens with zero attached hydrogens (tertiary/aromatic N) is 1. The molecule has 0 amide bonds. The molecule has 0 radical (unpaired) electrons. The van der Waals surface area contributed by atoms with Crippen LogP contribution in [0.15, 0.2) is 16.6 Å². The standard InChI is InChI=1S/C15H22BrNO/c1-11-7-14(16)8-12(2)15(11)18-10-13-5-4-6-17(3)9-13/h7-8,13H,4-6,9-10H2,1-3H3/t13-/m1/s1. The third kappa shape index (κ3) is 3.48. The minimum Gasteiger partial charge on any atom is -0.493 e. The van der Waals surface area contributed by atoms with Crippen LogP contribution in [0.5, 0.6) is 5.75 Å². The Morgan fingerprint density at radius 2 is 2.00 bits per heavy atom. The average molecular weight is 312 g/mol. The lowest BCUT2D eigenvalue weighted by atomic mass is 9.99. The van der Waals surface area contributed by atoms with Crippen LogP contribution in [0.2, 0.25) is 0 Å². The number of aryl methyl sites for hydroxylation is 2. The first kappa shape index (κ1) is 13.9. The summed E-state index contributed by atoms with van der Waals surface area (Å²) in [6.45, 7) is 7.45. The molecular weight excluding hydrogens is 290 g/mol. The smallest absolute Gasteiger partial charge is 0.125 e. The lowest BCUT2D eigenvalue weighted by Crippen LogP contribution is -2.34. The van der Waals surface area contributed by atoms with Crippen LogP contribution in [0.4, 0.5) is 0 Å². The SMILES string of the molecule is Cc1cc(Br)cc(C)c1OC[C@@H]1CCCN(C)C1. The van der Waals surface area contributed by atoms with Crippen LogP contribution in [0.1, 0.15) is 24.0 Å². The molecule has 1 heterocycles. The molecular formula is C15H22BrNO. The van der Waals surface area contributed by atoms with E-state index in [1.807, 2.05) is 0 Å². The van der Waals surface area contributed by atoms with Crippen LogP contribution in [-0.2, 0) is 0 Å². The fourth-order valence-electron chi connectivity index (χ4n) is 2.74. The van der Waals surface area contributed by atoms with E-state index < -0.39 is 0 Å². The Kier molecular flexibility index (Phi) is 4.68. The minimum atomic E-state index is 0.672. The molecule has 1 aromatic rings. The molecule has 1 aliphatic rings. The first-order valence-corrected chi connectivity index (χ1v) is 7.43. The van der Waals surface area contributed by atoms with Crippen molar-refractivity contribution in [2.75, 3.05) is 26.7 Å². The van der Waals surface area contributed by atoms with E-state index in [2.05, 4.69) is 53.9 Å². The van der Waals surface area contributed by atoms with Crippen molar-refractivity contribution in [3.8, 4) is 5.75 Å². The Balaban J connectivity index is 1.97. The maximum atomic E-state index is 6.06.